The molecule has 1 fully saturated rings. The lowest BCUT2D eigenvalue weighted by molar-refractivity contribution is -0.128. The van der Waals surface area contributed by atoms with Gasteiger partial charge in [0.05, 0.1) is 29.7 Å². The summed E-state index contributed by atoms with van der Waals surface area (Å²) in [7, 11) is -3.92. The third-order valence-electron chi connectivity index (χ3n) is 8.85. The first kappa shape index (κ1) is 40.8. The van der Waals surface area contributed by atoms with Crippen molar-refractivity contribution in [2.75, 3.05) is 25.4 Å². The predicted octanol–water partition coefficient (Wildman–Crippen LogP) is 3.80. The standard InChI is InChI=1S/C36H52F2N4O7S/c1-5-9-31(10-6-2)50(47,48)23-33(41-36(46)49-30-13-14-42(22-30)24(4)43)35(45)40-32(18-27-16-28(37)19-29(38)17-27)34(44)21-39-20-26-12-8-11-25(7-3)15-26/h8,11-12,15-17,19,30-34,39,44H,5-7,9-10,13-14,18,20-23H2,1-4H3,(H,40,45)(H,41,46)/t30-,32+,33?,34-/m1/s1. The topological polar surface area (TPSA) is 154 Å². The second-order valence-corrected chi connectivity index (χ2v) is 15.3. The van der Waals surface area contributed by atoms with Crippen LogP contribution in [0.1, 0.15) is 76.5 Å². The van der Waals surface area contributed by atoms with Crippen LogP contribution in [0.25, 0.3) is 0 Å². The van der Waals surface area contributed by atoms with Gasteiger partial charge < -0.3 is 30.7 Å². The lowest BCUT2D eigenvalue weighted by Gasteiger charge is -2.28. The molecule has 0 aliphatic carbocycles. The molecule has 3 amide bonds. The van der Waals surface area contributed by atoms with E-state index in [4.69, 9.17) is 4.74 Å². The maximum atomic E-state index is 14.1. The predicted molar refractivity (Wildman–Crippen MR) is 187 cm³/mol. The SMILES string of the molecule is CCCC(CCC)S(=O)(=O)CC(NC(=O)O[C@@H]1CCN(C(C)=O)C1)C(=O)N[C@@H](Cc1cc(F)cc(F)c1)[C@H](O)CNCc1cccc(CC)c1. The minimum absolute atomic E-state index is 0.0268. The fraction of sp³-hybridized carbons (Fsp3) is 0.583. The Morgan fingerprint density at radius 1 is 0.980 bits per heavy atom. The summed E-state index contributed by atoms with van der Waals surface area (Å²) in [5.74, 6) is -3.49. The van der Waals surface area contributed by atoms with Gasteiger partial charge in [0.2, 0.25) is 11.8 Å². The molecule has 2 aromatic carbocycles. The zero-order valence-corrected chi connectivity index (χ0v) is 30.2. The van der Waals surface area contributed by atoms with E-state index in [2.05, 4.69) is 16.0 Å². The zero-order valence-electron chi connectivity index (χ0n) is 29.4. The molecule has 1 heterocycles. The molecule has 0 spiro atoms. The quantitative estimate of drug-likeness (QED) is 0.171. The number of sulfone groups is 1. The van der Waals surface area contributed by atoms with Crippen molar-refractivity contribution < 1.29 is 41.4 Å². The van der Waals surface area contributed by atoms with E-state index in [9.17, 15) is 36.7 Å². The molecule has 1 unspecified atom stereocenters. The zero-order chi connectivity index (χ0) is 36.8. The summed E-state index contributed by atoms with van der Waals surface area (Å²) < 4.78 is 61.0. The molecule has 278 valence electrons. The van der Waals surface area contributed by atoms with Gasteiger partial charge in [-0.3, -0.25) is 9.59 Å². The van der Waals surface area contributed by atoms with Gasteiger partial charge in [0, 0.05) is 39.0 Å². The molecule has 11 nitrogen and oxygen atoms in total. The van der Waals surface area contributed by atoms with Gasteiger partial charge >= 0.3 is 6.09 Å². The van der Waals surface area contributed by atoms with Crippen molar-refractivity contribution in [2.45, 2.75) is 109 Å². The number of ether oxygens (including phenoxy) is 1. The fourth-order valence-corrected chi connectivity index (χ4v) is 8.31. The Labute approximate surface area is 294 Å². The van der Waals surface area contributed by atoms with E-state index in [1.165, 1.54) is 11.8 Å². The number of benzene rings is 2. The van der Waals surface area contributed by atoms with E-state index < -0.39 is 68.8 Å². The van der Waals surface area contributed by atoms with E-state index in [0.717, 1.165) is 29.7 Å². The van der Waals surface area contributed by atoms with Gasteiger partial charge in [-0.2, -0.15) is 0 Å². The summed E-state index contributed by atoms with van der Waals surface area (Å²) in [4.78, 5) is 40.2. The molecule has 0 bridgehead atoms. The van der Waals surface area contributed by atoms with Crippen molar-refractivity contribution in [3.8, 4) is 0 Å². The van der Waals surface area contributed by atoms with Gasteiger partial charge in [0.25, 0.3) is 0 Å². The van der Waals surface area contributed by atoms with Crippen LogP contribution >= 0.6 is 0 Å². The molecule has 50 heavy (non-hydrogen) atoms. The van der Waals surface area contributed by atoms with Crippen molar-refractivity contribution in [3.05, 3.63) is 70.8 Å². The maximum Gasteiger partial charge on any atom is 0.408 e. The van der Waals surface area contributed by atoms with Crippen molar-refractivity contribution in [1.29, 1.82) is 0 Å². The first-order chi connectivity index (χ1) is 23.7. The van der Waals surface area contributed by atoms with E-state index in [1.807, 2.05) is 45.0 Å². The summed E-state index contributed by atoms with van der Waals surface area (Å²) in [5, 5.41) is 18.8. The van der Waals surface area contributed by atoms with Crippen LogP contribution in [0.5, 0.6) is 0 Å². The average molecular weight is 723 g/mol. The first-order valence-electron chi connectivity index (χ1n) is 17.4. The average Bonchev–Trinajstić information content (AvgIpc) is 3.52. The molecular weight excluding hydrogens is 670 g/mol. The third kappa shape index (κ3) is 12.9. The number of likely N-dealkylation sites (tertiary alicyclic amines) is 1. The van der Waals surface area contributed by atoms with Crippen LogP contribution < -0.4 is 16.0 Å². The van der Waals surface area contributed by atoms with Crippen molar-refractivity contribution in [2.24, 2.45) is 0 Å². The lowest BCUT2D eigenvalue weighted by Crippen LogP contribution is -2.57. The van der Waals surface area contributed by atoms with E-state index >= 15 is 0 Å². The molecule has 0 radical (unpaired) electrons. The van der Waals surface area contributed by atoms with E-state index in [0.29, 0.717) is 51.3 Å². The van der Waals surface area contributed by atoms with E-state index in [-0.39, 0.29) is 31.0 Å². The number of hydrogen-bond acceptors (Lipinski definition) is 8. The highest BCUT2D eigenvalue weighted by Gasteiger charge is 2.35. The summed E-state index contributed by atoms with van der Waals surface area (Å²) in [6.07, 6.45) is 0.00953. The smallest absolute Gasteiger partial charge is 0.408 e. The molecule has 1 saturated heterocycles. The van der Waals surface area contributed by atoms with Gasteiger partial charge in [-0.1, -0.05) is 57.9 Å². The molecule has 3 rings (SSSR count). The summed E-state index contributed by atoms with van der Waals surface area (Å²) in [6.45, 7) is 8.09. The molecule has 4 atom stereocenters. The summed E-state index contributed by atoms with van der Waals surface area (Å²) in [6, 6.07) is 8.01. The highest BCUT2D eigenvalue weighted by Crippen LogP contribution is 2.19. The Hall–Kier alpha value is -3.62. The number of carbonyl (C=O) groups excluding carboxylic acids is 3. The number of carbonyl (C=O) groups is 3. The number of aliphatic hydroxyl groups excluding tert-OH is 1. The Bertz CT molecular complexity index is 1520. The van der Waals surface area contributed by atoms with E-state index in [1.54, 1.807) is 0 Å². The number of rotatable bonds is 19. The summed E-state index contributed by atoms with van der Waals surface area (Å²) in [5.41, 5.74) is 2.26. The number of hydrogen-bond donors (Lipinski definition) is 4. The van der Waals surface area contributed by atoms with Gasteiger partial charge in [-0.15, -0.1) is 0 Å². The second kappa shape index (κ2) is 19.7. The second-order valence-electron chi connectivity index (χ2n) is 13.0. The van der Waals surface area contributed by atoms with Gasteiger partial charge in [-0.05, 0) is 54.5 Å². The van der Waals surface area contributed by atoms with Crippen LogP contribution in [-0.4, -0.2) is 91.3 Å². The monoisotopic (exact) mass is 722 g/mol. The van der Waals surface area contributed by atoms with Crippen LogP contribution in [-0.2, 0) is 43.5 Å². The molecule has 2 aromatic rings. The number of aryl methyl sites for hydroxylation is 1. The van der Waals surface area contributed by atoms with Gasteiger partial charge in [0.1, 0.15) is 23.8 Å². The van der Waals surface area contributed by atoms with Crippen LogP contribution in [0, 0.1) is 11.6 Å². The minimum atomic E-state index is -3.92. The number of alkyl carbamates (subject to hydrolysis) is 1. The van der Waals surface area contributed by atoms with Crippen molar-refractivity contribution >= 4 is 27.7 Å². The Balaban J connectivity index is 1.84. The molecule has 1 aliphatic heterocycles. The molecule has 4 N–H and O–H groups in total. The van der Waals surface area contributed by atoms with Crippen LogP contribution in [0.3, 0.4) is 0 Å². The molecule has 0 aromatic heterocycles. The largest absolute Gasteiger partial charge is 0.444 e. The number of nitrogens with one attached hydrogen (secondary N) is 3. The Kier molecular flexibility index (Phi) is 16.1. The third-order valence-corrected chi connectivity index (χ3v) is 11.1. The van der Waals surface area contributed by atoms with Crippen LogP contribution in [0.2, 0.25) is 0 Å². The Morgan fingerprint density at radius 2 is 1.64 bits per heavy atom. The highest BCUT2D eigenvalue weighted by atomic mass is 32.2. The number of aliphatic hydroxyl groups is 1. The highest BCUT2D eigenvalue weighted by molar-refractivity contribution is 7.92. The molecule has 14 heteroatoms. The van der Waals surface area contributed by atoms with Crippen molar-refractivity contribution in [3.63, 3.8) is 0 Å². The minimum Gasteiger partial charge on any atom is -0.444 e. The van der Waals surface area contributed by atoms with Crippen molar-refractivity contribution in [1.82, 2.24) is 20.9 Å². The number of nitrogens with zero attached hydrogens (tertiary/aromatic N) is 1. The summed E-state index contributed by atoms with van der Waals surface area (Å²) >= 11 is 0. The van der Waals surface area contributed by atoms with Gasteiger partial charge in [0.15, 0.2) is 9.84 Å². The molecular formula is C36H52F2N4O7S. The number of amides is 3. The number of halogens is 2. The maximum absolute atomic E-state index is 14.1. The first-order valence-corrected chi connectivity index (χ1v) is 19.1. The van der Waals surface area contributed by atoms with Crippen LogP contribution in [0.4, 0.5) is 13.6 Å². The fourth-order valence-electron chi connectivity index (χ4n) is 6.15. The lowest BCUT2D eigenvalue weighted by atomic mass is 10.00. The van der Waals surface area contributed by atoms with Gasteiger partial charge in [-0.25, -0.2) is 22.0 Å². The molecule has 1 aliphatic rings. The molecule has 0 saturated carbocycles. The van der Waals surface area contributed by atoms with Crippen LogP contribution in [0.15, 0.2) is 42.5 Å². The normalized spacial score (nSPS) is 16.6. The Morgan fingerprint density at radius 3 is 2.24 bits per heavy atom.